The molecule has 2 heterocycles. The molecule has 0 saturated carbocycles. The van der Waals surface area contributed by atoms with Gasteiger partial charge in [-0.1, -0.05) is 24.3 Å². The Morgan fingerprint density at radius 2 is 2.04 bits per heavy atom. The Bertz CT molecular complexity index is 617. The Morgan fingerprint density at radius 1 is 1.24 bits per heavy atom. The lowest BCUT2D eigenvalue weighted by atomic mass is 9.78. The van der Waals surface area contributed by atoms with Gasteiger partial charge in [0.1, 0.15) is 5.82 Å². The number of ether oxygens (including phenoxy) is 1. The molecular formula is C20H27FN2O2. The van der Waals surface area contributed by atoms with Gasteiger partial charge in [-0.15, -0.1) is 0 Å². The number of nitrogens with zero attached hydrogens (tertiary/aromatic N) is 2. The molecule has 1 atom stereocenters. The quantitative estimate of drug-likeness (QED) is 0.794. The molecule has 25 heavy (non-hydrogen) atoms. The molecule has 5 heteroatoms. The molecule has 0 bridgehead atoms. The average molecular weight is 346 g/mol. The van der Waals surface area contributed by atoms with Crippen LogP contribution in [0.1, 0.15) is 24.8 Å². The molecule has 3 rings (SSSR count). The van der Waals surface area contributed by atoms with Crippen molar-refractivity contribution in [2.24, 2.45) is 5.41 Å². The third-order valence-corrected chi connectivity index (χ3v) is 5.37. The number of piperidine rings is 1. The van der Waals surface area contributed by atoms with Crippen LogP contribution in [0.25, 0.3) is 6.08 Å². The van der Waals surface area contributed by atoms with Gasteiger partial charge in [-0.25, -0.2) is 4.39 Å². The van der Waals surface area contributed by atoms with Crippen LogP contribution in [0.3, 0.4) is 0 Å². The maximum atomic E-state index is 12.9. The first kappa shape index (κ1) is 18.1. The van der Waals surface area contributed by atoms with E-state index in [0.717, 1.165) is 51.0 Å². The molecule has 4 nitrogen and oxygen atoms in total. The number of hydrogen-bond acceptors (Lipinski definition) is 3. The van der Waals surface area contributed by atoms with E-state index in [1.807, 2.05) is 11.0 Å². The number of rotatable bonds is 6. The van der Waals surface area contributed by atoms with E-state index in [-0.39, 0.29) is 11.2 Å². The fourth-order valence-corrected chi connectivity index (χ4v) is 3.97. The molecule has 1 unspecified atom stereocenters. The summed E-state index contributed by atoms with van der Waals surface area (Å²) in [6.07, 6.45) is 7.13. The van der Waals surface area contributed by atoms with Crippen molar-refractivity contribution in [3.63, 3.8) is 0 Å². The largest absolute Gasteiger partial charge is 0.383 e. The van der Waals surface area contributed by atoms with Crippen LogP contribution in [-0.2, 0) is 9.53 Å². The summed E-state index contributed by atoms with van der Waals surface area (Å²) in [6, 6.07) is 6.49. The molecular weight excluding hydrogens is 319 g/mol. The maximum Gasteiger partial charge on any atom is 0.230 e. The predicted molar refractivity (Wildman–Crippen MR) is 96.6 cm³/mol. The highest BCUT2D eigenvalue weighted by Crippen LogP contribution is 2.39. The van der Waals surface area contributed by atoms with Crippen LogP contribution in [0.2, 0.25) is 0 Å². The van der Waals surface area contributed by atoms with E-state index in [1.54, 1.807) is 19.2 Å². The highest BCUT2D eigenvalue weighted by molar-refractivity contribution is 5.84. The van der Waals surface area contributed by atoms with Gasteiger partial charge in [0, 0.05) is 33.3 Å². The standard InChI is InChI=1S/C20H27FN2O2/c1-25-15-14-23-12-3-9-20(19(23)24)10-13-22(16-20)11-2-4-17-5-7-18(21)8-6-17/h2,4-8H,3,9-16H2,1H3/b4-2+. The first-order valence-electron chi connectivity index (χ1n) is 9.06. The zero-order chi connectivity index (χ0) is 17.7. The minimum Gasteiger partial charge on any atom is -0.383 e. The number of likely N-dealkylation sites (tertiary alicyclic amines) is 2. The second-order valence-electron chi connectivity index (χ2n) is 7.11. The van der Waals surface area contributed by atoms with Crippen LogP contribution in [0.4, 0.5) is 4.39 Å². The summed E-state index contributed by atoms with van der Waals surface area (Å²) in [4.78, 5) is 17.2. The molecule has 2 fully saturated rings. The minimum atomic E-state index is -0.215. The van der Waals surface area contributed by atoms with Gasteiger partial charge in [0.15, 0.2) is 0 Å². The van der Waals surface area contributed by atoms with Crippen molar-refractivity contribution < 1.29 is 13.9 Å². The molecule has 136 valence electrons. The van der Waals surface area contributed by atoms with Crippen LogP contribution in [0.15, 0.2) is 30.3 Å². The van der Waals surface area contributed by atoms with Gasteiger partial charge in [-0.05, 0) is 43.5 Å². The lowest BCUT2D eigenvalue weighted by Crippen LogP contribution is -2.50. The number of halogens is 1. The summed E-state index contributed by atoms with van der Waals surface area (Å²) in [7, 11) is 1.68. The van der Waals surface area contributed by atoms with Crippen molar-refractivity contribution in [2.75, 3.05) is 46.4 Å². The molecule has 0 aromatic heterocycles. The zero-order valence-corrected chi connectivity index (χ0v) is 14.9. The molecule has 2 aliphatic heterocycles. The van der Waals surface area contributed by atoms with Gasteiger partial charge in [-0.3, -0.25) is 9.69 Å². The molecule has 2 aliphatic rings. The third-order valence-electron chi connectivity index (χ3n) is 5.37. The molecule has 0 N–H and O–H groups in total. The molecule has 1 spiro atoms. The first-order valence-corrected chi connectivity index (χ1v) is 9.06. The SMILES string of the molecule is COCCN1CCCC2(CCN(C/C=C/c3ccc(F)cc3)C2)C1=O. The monoisotopic (exact) mass is 346 g/mol. The summed E-state index contributed by atoms with van der Waals surface area (Å²) >= 11 is 0. The first-order chi connectivity index (χ1) is 12.1. The van der Waals surface area contributed by atoms with Gasteiger partial charge in [-0.2, -0.15) is 0 Å². The van der Waals surface area contributed by atoms with Crippen molar-refractivity contribution in [3.8, 4) is 0 Å². The molecule has 0 radical (unpaired) electrons. The van der Waals surface area contributed by atoms with E-state index in [2.05, 4.69) is 11.0 Å². The van der Waals surface area contributed by atoms with Crippen LogP contribution in [0.5, 0.6) is 0 Å². The number of methoxy groups -OCH3 is 1. The molecule has 1 aromatic carbocycles. The normalized spacial score (nSPS) is 24.7. The molecule has 1 amide bonds. The molecule has 1 aromatic rings. The Kier molecular flexibility index (Phi) is 5.86. The number of carbonyl (C=O) groups excluding carboxylic acids is 1. The smallest absolute Gasteiger partial charge is 0.230 e. The Labute approximate surface area is 149 Å². The minimum absolute atomic E-state index is 0.199. The van der Waals surface area contributed by atoms with Gasteiger partial charge in [0.25, 0.3) is 0 Å². The van der Waals surface area contributed by atoms with Gasteiger partial charge < -0.3 is 9.64 Å². The number of carbonyl (C=O) groups is 1. The Balaban J connectivity index is 1.55. The van der Waals surface area contributed by atoms with Gasteiger partial charge >= 0.3 is 0 Å². The summed E-state index contributed by atoms with van der Waals surface area (Å²) in [6.45, 7) is 4.77. The van der Waals surface area contributed by atoms with E-state index in [0.29, 0.717) is 19.1 Å². The predicted octanol–water partition coefficient (Wildman–Crippen LogP) is 2.80. The van der Waals surface area contributed by atoms with Crippen molar-refractivity contribution in [3.05, 3.63) is 41.7 Å². The van der Waals surface area contributed by atoms with Crippen LogP contribution in [0, 0.1) is 11.2 Å². The lowest BCUT2D eigenvalue weighted by Gasteiger charge is -2.39. The van der Waals surface area contributed by atoms with Crippen molar-refractivity contribution in [1.82, 2.24) is 9.80 Å². The van der Waals surface area contributed by atoms with Gasteiger partial charge in [0.05, 0.1) is 12.0 Å². The van der Waals surface area contributed by atoms with Crippen molar-refractivity contribution in [1.29, 1.82) is 0 Å². The summed E-state index contributed by atoms with van der Waals surface area (Å²) in [5.74, 6) is 0.0910. The topological polar surface area (TPSA) is 32.8 Å². The van der Waals surface area contributed by atoms with E-state index in [1.165, 1.54) is 12.1 Å². The second-order valence-corrected chi connectivity index (χ2v) is 7.11. The van der Waals surface area contributed by atoms with Crippen LogP contribution >= 0.6 is 0 Å². The maximum absolute atomic E-state index is 12.9. The number of benzene rings is 1. The van der Waals surface area contributed by atoms with E-state index in [9.17, 15) is 9.18 Å². The van der Waals surface area contributed by atoms with Crippen molar-refractivity contribution >= 4 is 12.0 Å². The summed E-state index contributed by atoms with van der Waals surface area (Å²) < 4.78 is 18.1. The van der Waals surface area contributed by atoms with E-state index >= 15 is 0 Å². The second kappa shape index (κ2) is 8.11. The van der Waals surface area contributed by atoms with Crippen molar-refractivity contribution in [2.45, 2.75) is 19.3 Å². The number of amides is 1. The molecule has 0 aliphatic carbocycles. The Hall–Kier alpha value is -1.72. The fraction of sp³-hybridized carbons (Fsp3) is 0.550. The lowest BCUT2D eigenvalue weighted by molar-refractivity contribution is -0.146. The zero-order valence-electron chi connectivity index (χ0n) is 14.9. The highest BCUT2D eigenvalue weighted by atomic mass is 19.1. The number of hydrogen-bond donors (Lipinski definition) is 0. The fourth-order valence-electron chi connectivity index (χ4n) is 3.97. The summed E-state index contributed by atoms with van der Waals surface area (Å²) in [5.41, 5.74) is 0.796. The van der Waals surface area contributed by atoms with E-state index < -0.39 is 0 Å². The van der Waals surface area contributed by atoms with Crippen LogP contribution < -0.4 is 0 Å². The Morgan fingerprint density at radius 3 is 2.80 bits per heavy atom. The molecule has 2 saturated heterocycles. The average Bonchev–Trinajstić information content (AvgIpc) is 3.02. The summed E-state index contributed by atoms with van der Waals surface area (Å²) in [5, 5.41) is 0. The third kappa shape index (κ3) is 4.28. The highest BCUT2D eigenvalue weighted by Gasteiger charge is 2.47. The van der Waals surface area contributed by atoms with E-state index in [4.69, 9.17) is 4.74 Å². The van der Waals surface area contributed by atoms with Crippen LogP contribution in [-0.4, -0.2) is 62.1 Å². The van der Waals surface area contributed by atoms with Gasteiger partial charge in [0.2, 0.25) is 5.91 Å².